The van der Waals surface area contributed by atoms with Gasteiger partial charge in [-0.15, -0.1) is 0 Å². The fraction of sp³-hybridized carbons (Fsp3) is 0.130. The first-order valence-corrected chi connectivity index (χ1v) is 10.9. The van der Waals surface area contributed by atoms with E-state index in [1.165, 1.54) is 42.6 Å². The molecule has 3 rings (SSSR count). The molecule has 0 aliphatic carbocycles. The van der Waals surface area contributed by atoms with Crippen molar-refractivity contribution in [1.82, 2.24) is 5.43 Å². The summed E-state index contributed by atoms with van der Waals surface area (Å²) in [5, 5.41) is 3.84. The van der Waals surface area contributed by atoms with Crippen molar-refractivity contribution in [1.29, 1.82) is 0 Å². The molecule has 0 saturated carbocycles. The highest BCUT2D eigenvalue weighted by atomic mass is 32.2. The fourth-order valence-electron chi connectivity index (χ4n) is 3.00. The van der Waals surface area contributed by atoms with E-state index in [-0.39, 0.29) is 10.7 Å². The summed E-state index contributed by atoms with van der Waals surface area (Å²) in [6, 6.07) is 18.8. The minimum absolute atomic E-state index is 0.0811. The molecule has 0 saturated heterocycles. The van der Waals surface area contributed by atoms with E-state index in [2.05, 4.69) is 10.5 Å². The molecule has 31 heavy (non-hydrogen) atoms. The van der Waals surface area contributed by atoms with Gasteiger partial charge in [0.05, 0.1) is 16.8 Å². The van der Waals surface area contributed by atoms with Crippen molar-refractivity contribution < 1.29 is 17.6 Å². The Labute approximate surface area is 181 Å². The number of nitrogens with zero attached hydrogens (tertiary/aromatic N) is 2. The zero-order chi connectivity index (χ0) is 22.4. The number of sulfonamides is 1. The number of hydrazone groups is 1. The lowest BCUT2D eigenvalue weighted by Gasteiger charge is -2.25. The summed E-state index contributed by atoms with van der Waals surface area (Å²) in [6.45, 7) is 3.24. The molecule has 0 heterocycles. The maximum Gasteiger partial charge on any atom is 0.264 e. The van der Waals surface area contributed by atoms with Crippen molar-refractivity contribution in [3.63, 3.8) is 0 Å². The molecular weight excluding hydrogens is 417 g/mol. The Hall–Kier alpha value is -3.52. The van der Waals surface area contributed by atoms with Crippen LogP contribution in [0.5, 0.6) is 0 Å². The highest BCUT2D eigenvalue weighted by molar-refractivity contribution is 7.92. The van der Waals surface area contributed by atoms with Crippen LogP contribution in [-0.4, -0.2) is 27.1 Å². The van der Waals surface area contributed by atoms with Crippen LogP contribution in [0.3, 0.4) is 0 Å². The lowest BCUT2D eigenvalue weighted by atomic mass is 10.1. The molecule has 0 aliphatic rings. The van der Waals surface area contributed by atoms with Gasteiger partial charge in [0, 0.05) is 0 Å². The van der Waals surface area contributed by atoms with Crippen LogP contribution in [0, 0.1) is 19.7 Å². The van der Waals surface area contributed by atoms with Gasteiger partial charge in [0.25, 0.3) is 15.9 Å². The molecule has 3 aromatic rings. The molecule has 0 bridgehead atoms. The topological polar surface area (TPSA) is 78.8 Å². The highest BCUT2D eigenvalue weighted by Crippen LogP contribution is 2.27. The standard InChI is InChI=1S/C23H22FN3O3S/c1-17-8-13-22(18(2)14-17)27(31(29,30)21-6-4-3-5-7-21)16-23(28)26-25-15-19-9-11-20(24)12-10-19/h3-15H,16H2,1-2H3,(H,26,28). The molecule has 0 unspecified atom stereocenters. The number of nitrogens with one attached hydrogen (secondary N) is 1. The van der Waals surface area contributed by atoms with E-state index in [9.17, 15) is 17.6 Å². The van der Waals surface area contributed by atoms with E-state index < -0.39 is 22.5 Å². The van der Waals surface area contributed by atoms with Crippen LogP contribution in [0.15, 0.2) is 82.8 Å². The summed E-state index contributed by atoms with van der Waals surface area (Å²) < 4.78 is 40.7. The number of benzene rings is 3. The van der Waals surface area contributed by atoms with Crippen LogP contribution in [0.4, 0.5) is 10.1 Å². The maximum absolute atomic E-state index is 13.3. The third kappa shape index (κ3) is 5.55. The Morgan fingerprint density at radius 3 is 2.35 bits per heavy atom. The van der Waals surface area contributed by atoms with Gasteiger partial charge in [-0.3, -0.25) is 9.10 Å². The zero-order valence-corrected chi connectivity index (χ0v) is 17.9. The van der Waals surface area contributed by atoms with E-state index in [0.29, 0.717) is 11.3 Å². The molecule has 8 heteroatoms. The number of carbonyl (C=O) groups excluding carboxylic acids is 1. The normalized spacial score (nSPS) is 11.5. The molecule has 0 atom stereocenters. The van der Waals surface area contributed by atoms with Gasteiger partial charge in [-0.05, 0) is 55.3 Å². The predicted octanol–water partition coefficient (Wildman–Crippen LogP) is 3.79. The van der Waals surface area contributed by atoms with Gasteiger partial charge in [-0.2, -0.15) is 5.10 Å². The smallest absolute Gasteiger partial charge is 0.264 e. The molecule has 0 radical (unpaired) electrons. The third-order valence-electron chi connectivity index (χ3n) is 4.51. The van der Waals surface area contributed by atoms with Crippen molar-refractivity contribution >= 4 is 27.8 Å². The van der Waals surface area contributed by atoms with Gasteiger partial charge in [0.1, 0.15) is 12.4 Å². The first-order chi connectivity index (χ1) is 14.8. The second-order valence-corrected chi connectivity index (χ2v) is 8.82. The van der Waals surface area contributed by atoms with Crippen LogP contribution < -0.4 is 9.73 Å². The van der Waals surface area contributed by atoms with E-state index in [1.54, 1.807) is 37.3 Å². The molecule has 0 aliphatic heterocycles. The number of rotatable bonds is 7. The number of aryl methyl sites for hydroxylation is 2. The number of amides is 1. The van der Waals surface area contributed by atoms with E-state index in [1.807, 2.05) is 13.0 Å². The molecule has 6 nitrogen and oxygen atoms in total. The molecule has 0 aromatic heterocycles. The van der Waals surface area contributed by atoms with E-state index in [4.69, 9.17) is 0 Å². The molecule has 160 valence electrons. The largest absolute Gasteiger partial charge is 0.271 e. The maximum atomic E-state index is 13.3. The van der Waals surface area contributed by atoms with Crippen molar-refractivity contribution in [2.75, 3.05) is 10.8 Å². The molecule has 3 aromatic carbocycles. The molecule has 1 N–H and O–H groups in total. The average Bonchev–Trinajstić information content (AvgIpc) is 2.74. The number of hydrogen-bond donors (Lipinski definition) is 1. The predicted molar refractivity (Wildman–Crippen MR) is 119 cm³/mol. The van der Waals surface area contributed by atoms with E-state index in [0.717, 1.165) is 15.4 Å². The monoisotopic (exact) mass is 439 g/mol. The molecular formula is C23H22FN3O3S. The van der Waals surface area contributed by atoms with Gasteiger partial charge in [0.2, 0.25) is 0 Å². The van der Waals surface area contributed by atoms with Crippen molar-refractivity contribution in [3.05, 3.63) is 95.3 Å². The Morgan fingerprint density at radius 1 is 1.03 bits per heavy atom. The first-order valence-electron chi connectivity index (χ1n) is 9.50. The number of carbonyl (C=O) groups is 1. The minimum Gasteiger partial charge on any atom is -0.271 e. The SMILES string of the molecule is Cc1ccc(N(CC(=O)NN=Cc2ccc(F)cc2)S(=O)(=O)c2ccccc2)c(C)c1. The van der Waals surface area contributed by atoms with Gasteiger partial charge in [-0.1, -0.05) is 48.0 Å². The lowest BCUT2D eigenvalue weighted by Crippen LogP contribution is -2.40. The highest BCUT2D eigenvalue weighted by Gasteiger charge is 2.28. The number of anilines is 1. The fourth-order valence-corrected chi connectivity index (χ4v) is 4.50. The Kier molecular flexibility index (Phi) is 6.81. The number of halogens is 1. The molecule has 0 spiro atoms. The van der Waals surface area contributed by atoms with Crippen LogP contribution in [0.1, 0.15) is 16.7 Å². The van der Waals surface area contributed by atoms with Gasteiger partial charge in [0.15, 0.2) is 0 Å². The molecule has 1 amide bonds. The number of hydrogen-bond acceptors (Lipinski definition) is 4. The summed E-state index contributed by atoms with van der Waals surface area (Å²) in [5.41, 5.74) is 5.03. The van der Waals surface area contributed by atoms with Gasteiger partial charge in [-0.25, -0.2) is 18.2 Å². The lowest BCUT2D eigenvalue weighted by molar-refractivity contribution is -0.119. The third-order valence-corrected chi connectivity index (χ3v) is 6.29. The van der Waals surface area contributed by atoms with Crippen LogP contribution >= 0.6 is 0 Å². The second-order valence-electron chi connectivity index (χ2n) is 6.96. The summed E-state index contributed by atoms with van der Waals surface area (Å²) >= 11 is 0. The second kappa shape index (κ2) is 9.53. The summed E-state index contributed by atoms with van der Waals surface area (Å²) in [6.07, 6.45) is 1.35. The Morgan fingerprint density at radius 2 is 1.71 bits per heavy atom. The first kappa shape index (κ1) is 22.2. The quantitative estimate of drug-likeness (QED) is 0.449. The minimum atomic E-state index is -3.99. The zero-order valence-electron chi connectivity index (χ0n) is 17.1. The average molecular weight is 440 g/mol. The van der Waals surface area contributed by atoms with Crippen LogP contribution in [0.25, 0.3) is 0 Å². The Balaban J connectivity index is 1.86. The van der Waals surface area contributed by atoms with Crippen molar-refractivity contribution in [2.45, 2.75) is 18.7 Å². The molecule has 0 fully saturated rings. The van der Waals surface area contributed by atoms with Crippen molar-refractivity contribution in [3.8, 4) is 0 Å². The van der Waals surface area contributed by atoms with Crippen LogP contribution in [-0.2, 0) is 14.8 Å². The summed E-state index contributed by atoms with van der Waals surface area (Å²) in [5.74, 6) is -0.991. The summed E-state index contributed by atoms with van der Waals surface area (Å²) in [7, 11) is -3.99. The Bertz CT molecular complexity index is 1190. The van der Waals surface area contributed by atoms with Crippen molar-refractivity contribution in [2.24, 2.45) is 5.10 Å². The van der Waals surface area contributed by atoms with Gasteiger partial charge < -0.3 is 0 Å². The van der Waals surface area contributed by atoms with Gasteiger partial charge >= 0.3 is 0 Å². The summed E-state index contributed by atoms with van der Waals surface area (Å²) in [4.78, 5) is 12.6. The van der Waals surface area contributed by atoms with Crippen LogP contribution in [0.2, 0.25) is 0 Å². The van der Waals surface area contributed by atoms with E-state index >= 15 is 0 Å².